The number of rotatable bonds is 3. The molecule has 0 amide bonds. The van der Waals surface area contributed by atoms with E-state index in [0.717, 1.165) is 0 Å². The van der Waals surface area contributed by atoms with E-state index < -0.39 is 0 Å². The van der Waals surface area contributed by atoms with E-state index in [1.54, 1.807) is 5.56 Å². The Kier molecular flexibility index (Phi) is 7.03. The zero-order valence-corrected chi connectivity index (χ0v) is 35.1. The van der Waals surface area contributed by atoms with Crippen LogP contribution in [0.1, 0.15) is 101 Å². The van der Waals surface area contributed by atoms with E-state index in [2.05, 4.69) is 178 Å². The number of benzene rings is 6. The molecule has 4 heterocycles. The van der Waals surface area contributed by atoms with Gasteiger partial charge in [-0.1, -0.05) is 130 Å². The number of fused-ring (bicyclic) bond motifs is 10. The number of hydrogen-bond donors (Lipinski definition) is 0. The average Bonchev–Trinajstić information content (AvgIpc) is 3.58. The predicted molar refractivity (Wildman–Crippen MR) is 246 cm³/mol. The van der Waals surface area contributed by atoms with Crippen molar-refractivity contribution < 1.29 is 0 Å². The van der Waals surface area contributed by atoms with Crippen molar-refractivity contribution in [2.24, 2.45) is 0 Å². The predicted octanol–water partition coefficient (Wildman–Crippen LogP) is 12.1. The Bertz CT molecular complexity index is 2700. The van der Waals surface area contributed by atoms with Crippen LogP contribution in [0.3, 0.4) is 0 Å². The van der Waals surface area contributed by atoms with Crippen LogP contribution in [-0.2, 0) is 10.8 Å². The molecular weight excluding hydrogens is 701 g/mol. The van der Waals surface area contributed by atoms with E-state index in [4.69, 9.17) is 0 Å². The van der Waals surface area contributed by atoms with Gasteiger partial charge in [-0.2, -0.15) is 0 Å². The minimum atomic E-state index is -0.0758. The summed E-state index contributed by atoms with van der Waals surface area (Å²) in [6.07, 6.45) is 9.89. The summed E-state index contributed by atoms with van der Waals surface area (Å²) in [5, 5.41) is 0. The second-order valence-electron chi connectivity index (χ2n) is 19.7. The van der Waals surface area contributed by atoms with Crippen LogP contribution in [0.5, 0.6) is 0 Å². The highest BCUT2D eigenvalue weighted by Crippen LogP contribution is 2.64. The third-order valence-electron chi connectivity index (χ3n) is 16.9. The maximum Gasteiger partial charge on any atom is 0.252 e. The Balaban J connectivity index is 1.18. The highest BCUT2D eigenvalue weighted by Gasteiger charge is 2.62. The van der Waals surface area contributed by atoms with Crippen molar-refractivity contribution >= 4 is 62.9 Å². The van der Waals surface area contributed by atoms with Crippen LogP contribution in [0, 0.1) is 13.8 Å². The number of aryl methyl sites for hydroxylation is 2. The molecule has 288 valence electrons. The molecule has 0 aromatic heterocycles. The molecule has 4 aliphatic heterocycles. The van der Waals surface area contributed by atoms with Crippen molar-refractivity contribution in [2.75, 3.05) is 14.7 Å². The first kappa shape index (κ1) is 34.8. The summed E-state index contributed by atoms with van der Waals surface area (Å²) in [4.78, 5) is 8.36. The maximum absolute atomic E-state index is 2.90. The van der Waals surface area contributed by atoms with Gasteiger partial charge in [-0.15, -0.1) is 0 Å². The molecule has 6 aromatic rings. The molecule has 0 radical (unpaired) electrons. The molecule has 58 heavy (non-hydrogen) atoms. The normalized spacial score (nSPS) is 27.1. The molecule has 4 heteroatoms. The van der Waals surface area contributed by atoms with Crippen LogP contribution in [-0.4, -0.2) is 17.8 Å². The monoisotopic (exact) mass is 755 g/mol. The lowest BCUT2D eigenvalue weighted by Gasteiger charge is -2.53. The van der Waals surface area contributed by atoms with Gasteiger partial charge in [0.25, 0.3) is 6.71 Å². The fourth-order valence-corrected chi connectivity index (χ4v) is 13.4. The zero-order valence-electron chi connectivity index (χ0n) is 35.1. The van der Waals surface area contributed by atoms with E-state index >= 15 is 0 Å². The molecule has 0 saturated heterocycles. The summed E-state index contributed by atoms with van der Waals surface area (Å²) in [6, 6.07) is 47.6. The Labute approximate surface area is 345 Å². The average molecular weight is 756 g/mol. The van der Waals surface area contributed by atoms with Gasteiger partial charge in [-0.3, -0.25) is 0 Å². The van der Waals surface area contributed by atoms with E-state index in [0.29, 0.717) is 0 Å². The lowest BCUT2D eigenvalue weighted by atomic mass is 9.33. The number of hydrogen-bond acceptors (Lipinski definition) is 3. The molecular formula is C54H54BN3. The highest BCUT2D eigenvalue weighted by atomic mass is 15.3. The van der Waals surface area contributed by atoms with Gasteiger partial charge < -0.3 is 14.7 Å². The summed E-state index contributed by atoms with van der Waals surface area (Å²) < 4.78 is 0. The van der Waals surface area contributed by atoms with Crippen molar-refractivity contribution in [3.63, 3.8) is 0 Å². The number of para-hydroxylation sites is 1. The van der Waals surface area contributed by atoms with Gasteiger partial charge in [-0.05, 0) is 134 Å². The summed E-state index contributed by atoms with van der Waals surface area (Å²) >= 11 is 0. The minimum Gasteiger partial charge on any atom is -0.335 e. The van der Waals surface area contributed by atoms with Crippen molar-refractivity contribution in [1.82, 2.24) is 0 Å². The summed E-state index contributed by atoms with van der Waals surface area (Å²) in [5.41, 5.74) is 22.1. The van der Waals surface area contributed by atoms with Crippen molar-refractivity contribution in [3.8, 4) is 11.1 Å². The maximum atomic E-state index is 2.90. The highest BCUT2D eigenvalue weighted by molar-refractivity contribution is 7.00. The molecule has 0 N–H and O–H groups in total. The Hall–Kier alpha value is -5.22. The number of anilines is 7. The molecule has 0 bridgehead atoms. The Morgan fingerprint density at radius 3 is 1.88 bits per heavy atom. The molecule has 3 nitrogen and oxygen atoms in total. The second kappa shape index (κ2) is 11.7. The van der Waals surface area contributed by atoms with Gasteiger partial charge in [0.15, 0.2) is 0 Å². The topological polar surface area (TPSA) is 9.72 Å². The van der Waals surface area contributed by atoms with Crippen LogP contribution in [0.4, 0.5) is 39.8 Å². The molecule has 12 rings (SSSR count). The largest absolute Gasteiger partial charge is 0.335 e. The fraction of sp³-hybridized carbons (Fsp3) is 0.333. The lowest BCUT2D eigenvalue weighted by Crippen LogP contribution is -2.64. The first-order valence-corrected chi connectivity index (χ1v) is 22.1. The quantitative estimate of drug-likeness (QED) is 0.166. The third-order valence-corrected chi connectivity index (χ3v) is 16.9. The second-order valence-corrected chi connectivity index (χ2v) is 19.7. The summed E-state index contributed by atoms with van der Waals surface area (Å²) in [7, 11) is 0. The van der Waals surface area contributed by atoms with Gasteiger partial charge >= 0.3 is 0 Å². The molecule has 0 spiro atoms. The van der Waals surface area contributed by atoms with Gasteiger partial charge in [-0.25, -0.2) is 0 Å². The lowest BCUT2D eigenvalue weighted by molar-refractivity contribution is 0.194. The Morgan fingerprint density at radius 1 is 0.466 bits per heavy atom. The van der Waals surface area contributed by atoms with Crippen molar-refractivity contribution in [2.45, 2.75) is 115 Å². The van der Waals surface area contributed by atoms with Crippen LogP contribution >= 0.6 is 0 Å². The zero-order chi connectivity index (χ0) is 39.3. The minimum absolute atomic E-state index is 0.0170. The summed E-state index contributed by atoms with van der Waals surface area (Å²) in [5.74, 6) is 0. The molecule has 2 fully saturated rings. The molecule has 2 aliphatic carbocycles. The fourth-order valence-electron chi connectivity index (χ4n) is 13.4. The van der Waals surface area contributed by atoms with E-state index in [-0.39, 0.29) is 28.6 Å². The molecule has 4 atom stereocenters. The first-order chi connectivity index (χ1) is 28.1. The van der Waals surface area contributed by atoms with Gasteiger partial charge in [0.2, 0.25) is 0 Å². The molecule has 4 unspecified atom stereocenters. The van der Waals surface area contributed by atoms with Gasteiger partial charge in [0.1, 0.15) is 0 Å². The SMILES string of the molecule is Cc1ccc(N2c3ccc(C)cc3B3c4cccc5c4N(c4cc(N6c7ccc(-c8ccccc8)cc7C7(C)CCCCC67C)cc2c43)C2(C)CCCCC52C)cc1. The van der Waals surface area contributed by atoms with Gasteiger partial charge in [0.05, 0.1) is 11.1 Å². The van der Waals surface area contributed by atoms with Crippen LogP contribution in [0.25, 0.3) is 11.1 Å². The Morgan fingerprint density at radius 2 is 1.12 bits per heavy atom. The standard InChI is InChI=1S/C54H54BN3/c1-35-19-23-39(24-20-35)56-46-25-21-36(2)31-44(46)55-43-18-14-17-41-50(43)58(54(6)30-13-10-27-51(41,54)3)48-34-40(33-47(56)49(48)55)57-45-26-22-38(37-15-8-7-9-16-37)32-42(45)52(4)28-11-12-29-53(52,57)5/h7-9,14-26,31-34H,10-13,27-30H2,1-6H3. The van der Waals surface area contributed by atoms with Crippen molar-refractivity contribution in [1.29, 1.82) is 0 Å². The van der Waals surface area contributed by atoms with E-state index in [1.165, 1.54) is 135 Å². The van der Waals surface area contributed by atoms with Crippen molar-refractivity contribution in [3.05, 3.63) is 144 Å². The van der Waals surface area contributed by atoms with E-state index in [1.807, 2.05) is 0 Å². The molecule has 2 saturated carbocycles. The summed E-state index contributed by atoms with van der Waals surface area (Å²) in [6.45, 7) is 15.0. The third kappa shape index (κ3) is 4.22. The van der Waals surface area contributed by atoms with Crippen LogP contribution < -0.4 is 31.1 Å². The smallest absolute Gasteiger partial charge is 0.252 e. The van der Waals surface area contributed by atoms with Crippen LogP contribution in [0.2, 0.25) is 0 Å². The van der Waals surface area contributed by atoms with Gasteiger partial charge in [0, 0.05) is 50.6 Å². The molecule has 6 aliphatic rings. The van der Waals surface area contributed by atoms with Crippen LogP contribution in [0.15, 0.2) is 121 Å². The number of nitrogens with zero attached hydrogens (tertiary/aromatic N) is 3. The first-order valence-electron chi connectivity index (χ1n) is 22.1. The van der Waals surface area contributed by atoms with E-state index in [9.17, 15) is 0 Å². The molecule has 6 aromatic carbocycles.